The minimum atomic E-state index is -0.983. The van der Waals surface area contributed by atoms with Gasteiger partial charge in [-0.05, 0) is 86.3 Å². The van der Waals surface area contributed by atoms with Gasteiger partial charge in [0.25, 0.3) is 0 Å². The topological polar surface area (TPSA) is 29.5 Å². The van der Waals surface area contributed by atoms with E-state index in [1.54, 1.807) is 13.2 Å². The Balaban J connectivity index is 1.81. The third-order valence-corrected chi connectivity index (χ3v) is 6.79. The lowest BCUT2D eigenvalue weighted by molar-refractivity contribution is -0.00633. The van der Waals surface area contributed by atoms with Crippen LogP contribution in [0.1, 0.15) is 56.6 Å². The quantitative estimate of drug-likeness (QED) is 0.826. The molecule has 23 heavy (non-hydrogen) atoms. The highest BCUT2D eigenvalue weighted by Gasteiger charge is 2.52. The molecule has 1 unspecified atom stereocenters. The molecule has 4 aliphatic carbocycles. The zero-order valence-corrected chi connectivity index (χ0v) is 14.3. The van der Waals surface area contributed by atoms with Crippen LogP contribution in [-0.2, 0) is 11.0 Å². The van der Waals surface area contributed by atoms with Crippen LogP contribution in [0.15, 0.2) is 30.9 Å². The van der Waals surface area contributed by atoms with Gasteiger partial charge in [-0.25, -0.2) is 0 Å². The summed E-state index contributed by atoms with van der Waals surface area (Å²) in [6.07, 6.45) is 9.83. The lowest BCUT2D eigenvalue weighted by Gasteiger charge is -2.57. The molecule has 1 aromatic carbocycles. The van der Waals surface area contributed by atoms with Gasteiger partial charge in [0.2, 0.25) is 0 Å². The molecule has 1 atom stereocenters. The minimum Gasteiger partial charge on any atom is -0.496 e. The van der Waals surface area contributed by atoms with Crippen molar-refractivity contribution in [3.8, 4) is 5.75 Å². The van der Waals surface area contributed by atoms with Crippen LogP contribution in [0.5, 0.6) is 5.75 Å². The normalized spacial score (nSPS) is 37.4. The Labute approximate surface area is 139 Å². The first-order chi connectivity index (χ1) is 11.0. The predicted molar refractivity (Wildman–Crippen MR) is 92.6 cm³/mol. The monoisotopic (exact) mass is 312 g/mol. The Kier molecular flexibility index (Phi) is 3.39. The average molecular weight is 312 g/mol. The number of aliphatic hydroxyl groups is 1. The number of methoxy groups -OCH3 is 1. The summed E-state index contributed by atoms with van der Waals surface area (Å²) < 4.78 is 5.73. The summed E-state index contributed by atoms with van der Waals surface area (Å²) in [5, 5.41) is 10.6. The van der Waals surface area contributed by atoms with Gasteiger partial charge in [-0.2, -0.15) is 0 Å². The first-order valence-corrected chi connectivity index (χ1v) is 9.01. The van der Waals surface area contributed by atoms with Gasteiger partial charge in [0.1, 0.15) is 11.4 Å². The fourth-order valence-corrected chi connectivity index (χ4v) is 6.00. The highest BCUT2D eigenvalue weighted by Crippen LogP contribution is 2.62. The molecule has 4 saturated carbocycles. The molecule has 4 bridgehead atoms. The minimum absolute atomic E-state index is 0.271. The van der Waals surface area contributed by atoms with Crippen molar-refractivity contribution >= 4 is 0 Å². The molecular weight excluding hydrogens is 284 g/mol. The van der Waals surface area contributed by atoms with Crippen LogP contribution in [0.25, 0.3) is 0 Å². The number of ether oxygens (including phenoxy) is 1. The average Bonchev–Trinajstić information content (AvgIpc) is 2.53. The number of hydrogen-bond acceptors (Lipinski definition) is 2. The maximum atomic E-state index is 10.6. The summed E-state index contributed by atoms with van der Waals surface area (Å²) in [4.78, 5) is 0. The molecule has 2 heteroatoms. The Morgan fingerprint density at radius 1 is 1.17 bits per heavy atom. The van der Waals surface area contributed by atoms with Crippen LogP contribution in [0, 0.1) is 17.8 Å². The van der Waals surface area contributed by atoms with Gasteiger partial charge < -0.3 is 9.84 Å². The van der Waals surface area contributed by atoms with E-state index < -0.39 is 5.60 Å². The maximum absolute atomic E-state index is 10.6. The molecule has 0 saturated heterocycles. The Morgan fingerprint density at radius 3 is 2.22 bits per heavy atom. The molecule has 4 aliphatic rings. The van der Waals surface area contributed by atoms with Crippen LogP contribution in [0.2, 0.25) is 0 Å². The van der Waals surface area contributed by atoms with Gasteiger partial charge in [-0.15, -0.1) is 0 Å². The second kappa shape index (κ2) is 5.11. The summed E-state index contributed by atoms with van der Waals surface area (Å²) in [5.74, 6) is 3.69. The van der Waals surface area contributed by atoms with E-state index in [1.165, 1.54) is 44.1 Å². The van der Waals surface area contributed by atoms with Crippen molar-refractivity contribution in [2.24, 2.45) is 17.8 Å². The highest BCUT2D eigenvalue weighted by molar-refractivity contribution is 5.46. The second-order valence-corrected chi connectivity index (χ2v) is 8.46. The molecule has 0 radical (unpaired) electrons. The van der Waals surface area contributed by atoms with E-state index in [0.717, 1.165) is 29.1 Å². The molecular formula is C21H28O2. The first-order valence-electron chi connectivity index (χ1n) is 9.01. The summed E-state index contributed by atoms with van der Waals surface area (Å²) in [6, 6.07) is 6.22. The van der Waals surface area contributed by atoms with E-state index in [9.17, 15) is 5.11 Å². The third kappa shape index (κ3) is 2.34. The van der Waals surface area contributed by atoms with E-state index in [2.05, 4.69) is 12.6 Å². The number of rotatable bonds is 4. The van der Waals surface area contributed by atoms with Crippen LogP contribution in [0.3, 0.4) is 0 Å². The van der Waals surface area contributed by atoms with E-state index in [-0.39, 0.29) is 5.41 Å². The van der Waals surface area contributed by atoms with Crippen molar-refractivity contribution in [1.29, 1.82) is 0 Å². The van der Waals surface area contributed by atoms with Crippen molar-refractivity contribution in [3.63, 3.8) is 0 Å². The van der Waals surface area contributed by atoms with Crippen LogP contribution in [-0.4, -0.2) is 12.2 Å². The van der Waals surface area contributed by atoms with Crippen LogP contribution in [0.4, 0.5) is 0 Å². The number of hydrogen-bond donors (Lipinski definition) is 1. The van der Waals surface area contributed by atoms with E-state index in [4.69, 9.17) is 4.74 Å². The molecule has 0 aromatic heterocycles. The maximum Gasteiger partial charge on any atom is 0.122 e. The fourth-order valence-electron chi connectivity index (χ4n) is 6.00. The van der Waals surface area contributed by atoms with Crippen LogP contribution >= 0.6 is 0 Å². The van der Waals surface area contributed by atoms with Gasteiger partial charge in [-0.3, -0.25) is 0 Å². The van der Waals surface area contributed by atoms with Crippen molar-refractivity contribution in [2.75, 3.05) is 7.11 Å². The highest BCUT2D eigenvalue weighted by atomic mass is 16.5. The SMILES string of the molecule is C=CC(C)(O)c1ccc(OC)c(C23CC4CC(CC(C4)C2)C3)c1. The second-order valence-electron chi connectivity index (χ2n) is 8.46. The molecule has 124 valence electrons. The summed E-state index contributed by atoms with van der Waals surface area (Å²) >= 11 is 0. The molecule has 1 aromatic rings. The molecule has 0 aliphatic heterocycles. The molecule has 5 rings (SSSR count). The molecule has 4 fully saturated rings. The fraction of sp³-hybridized carbons (Fsp3) is 0.619. The van der Waals surface area contributed by atoms with Gasteiger partial charge in [0, 0.05) is 5.56 Å². The molecule has 2 nitrogen and oxygen atoms in total. The largest absolute Gasteiger partial charge is 0.496 e. The lowest BCUT2D eigenvalue weighted by atomic mass is 9.48. The zero-order valence-electron chi connectivity index (χ0n) is 14.3. The van der Waals surface area contributed by atoms with E-state index in [1.807, 2.05) is 19.1 Å². The summed E-state index contributed by atoms with van der Waals surface area (Å²) in [6.45, 7) is 5.60. The molecule has 1 N–H and O–H groups in total. The Hall–Kier alpha value is -1.28. The van der Waals surface area contributed by atoms with Crippen molar-refractivity contribution < 1.29 is 9.84 Å². The van der Waals surface area contributed by atoms with Gasteiger partial charge in [-0.1, -0.05) is 18.7 Å². The van der Waals surface area contributed by atoms with Gasteiger partial charge >= 0.3 is 0 Å². The Bertz CT molecular complexity index is 593. The summed E-state index contributed by atoms with van der Waals surface area (Å²) in [5.41, 5.74) is 1.55. The predicted octanol–water partition coefficient (Wildman–Crippen LogP) is 4.56. The van der Waals surface area contributed by atoms with Gasteiger partial charge in [0.05, 0.1) is 7.11 Å². The van der Waals surface area contributed by atoms with Gasteiger partial charge in [0.15, 0.2) is 0 Å². The van der Waals surface area contributed by atoms with Crippen molar-refractivity contribution in [2.45, 2.75) is 56.5 Å². The smallest absolute Gasteiger partial charge is 0.122 e. The van der Waals surface area contributed by atoms with E-state index >= 15 is 0 Å². The van der Waals surface area contributed by atoms with E-state index in [0.29, 0.717) is 0 Å². The molecule has 0 spiro atoms. The third-order valence-electron chi connectivity index (χ3n) is 6.79. The molecule has 0 amide bonds. The van der Waals surface area contributed by atoms with Crippen molar-refractivity contribution in [1.82, 2.24) is 0 Å². The standard InChI is InChI=1S/C21H28O2/c1-4-20(2,22)17-5-6-19(23-3)18(10-17)21-11-14-7-15(12-21)9-16(8-14)13-21/h4-6,10,14-16,22H,1,7-9,11-13H2,2-3H3. The lowest BCUT2D eigenvalue weighted by Crippen LogP contribution is -2.48. The van der Waals surface area contributed by atoms with Crippen molar-refractivity contribution in [3.05, 3.63) is 42.0 Å². The Morgan fingerprint density at radius 2 is 1.74 bits per heavy atom. The zero-order chi connectivity index (χ0) is 16.2. The summed E-state index contributed by atoms with van der Waals surface area (Å²) in [7, 11) is 1.77. The first kappa shape index (κ1) is 15.3. The molecule has 0 heterocycles. The van der Waals surface area contributed by atoms with Crippen LogP contribution < -0.4 is 4.74 Å². The number of benzene rings is 1.